The van der Waals surface area contributed by atoms with Gasteiger partial charge in [-0.1, -0.05) is 30.3 Å². The second-order valence-electron chi connectivity index (χ2n) is 4.84. The summed E-state index contributed by atoms with van der Waals surface area (Å²) in [5.74, 6) is 2.41. The maximum atomic E-state index is 12.4. The molecule has 1 aliphatic rings. The van der Waals surface area contributed by atoms with Gasteiger partial charge in [-0.05, 0) is 5.56 Å². The van der Waals surface area contributed by atoms with Gasteiger partial charge in [-0.15, -0.1) is 12.3 Å². The zero-order valence-corrected chi connectivity index (χ0v) is 11.3. The number of carbonyl (C=O) groups is 2. The van der Waals surface area contributed by atoms with Crippen molar-refractivity contribution >= 4 is 11.8 Å². The molecular formula is C16H18N2O2. The Bertz CT molecular complexity index is 519. The van der Waals surface area contributed by atoms with Gasteiger partial charge in [0.2, 0.25) is 11.8 Å². The van der Waals surface area contributed by atoms with Crippen LogP contribution in [0.25, 0.3) is 0 Å². The van der Waals surface area contributed by atoms with Gasteiger partial charge in [0.05, 0.1) is 0 Å². The zero-order chi connectivity index (χ0) is 14.4. The first-order valence-corrected chi connectivity index (χ1v) is 6.76. The van der Waals surface area contributed by atoms with Gasteiger partial charge in [-0.3, -0.25) is 9.59 Å². The van der Waals surface area contributed by atoms with Gasteiger partial charge >= 0.3 is 0 Å². The van der Waals surface area contributed by atoms with Crippen LogP contribution in [0.4, 0.5) is 0 Å². The highest BCUT2D eigenvalue weighted by atomic mass is 16.2. The summed E-state index contributed by atoms with van der Waals surface area (Å²) in [6.07, 6.45) is 6.60. The first kappa shape index (κ1) is 14.1. The molecule has 104 valence electrons. The summed E-state index contributed by atoms with van der Waals surface area (Å²) in [4.78, 5) is 25.8. The molecule has 1 aromatic carbocycles. The molecular weight excluding hydrogens is 252 g/mol. The number of hydrogen-bond acceptors (Lipinski definition) is 2. The van der Waals surface area contributed by atoms with E-state index in [1.807, 2.05) is 30.3 Å². The molecule has 1 aliphatic heterocycles. The van der Waals surface area contributed by atoms with Crippen molar-refractivity contribution in [2.45, 2.75) is 25.3 Å². The Hall–Kier alpha value is -2.28. The minimum absolute atomic E-state index is 0.0463. The van der Waals surface area contributed by atoms with Gasteiger partial charge in [-0.25, -0.2) is 0 Å². The second kappa shape index (κ2) is 6.76. The normalized spacial score (nSPS) is 19.1. The van der Waals surface area contributed by atoms with Crippen LogP contribution in [0.3, 0.4) is 0 Å². The molecule has 2 amide bonds. The lowest BCUT2D eigenvalue weighted by Gasteiger charge is -2.23. The quantitative estimate of drug-likeness (QED) is 0.829. The Morgan fingerprint density at radius 3 is 2.75 bits per heavy atom. The summed E-state index contributed by atoms with van der Waals surface area (Å²) in [6.45, 7) is 0.952. The molecule has 1 atom stereocenters. The van der Waals surface area contributed by atoms with E-state index in [1.54, 1.807) is 4.90 Å². The maximum absolute atomic E-state index is 12.4. The molecule has 0 aliphatic carbocycles. The number of terminal acetylenes is 1. The number of rotatable bonds is 4. The lowest BCUT2D eigenvalue weighted by Crippen LogP contribution is -2.46. The van der Waals surface area contributed by atoms with Gasteiger partial charge in [-0.2, -0.15) is 0 Å². The smallest absolute Gasteiger partial charge is 0.245 e. The number of amides is 2. The second-order valence-corrected chi connectivity index (χ2v) is 4.84. The summed E-state index contributed by atoms with van der Waals surface area (Å²) in [7, 11) is 0. The van der Waals surface area contributed by atoms with Crippen LogP contribution in [-0.4, -0.2) is 35.8 Å². The van der Waals surface area contributed by atoms with Crippen LogP contribution in [0.15, 0.2) is 30.3 Å². The summed E-state index contributed by atoms with van der Waals surface area (Å²) < 4.78 is 0. The van der Waals surface area contributed by atoms with Crippen LogP contribution in [0, 0.1) is 12.3 Å². The minimum atomic E-state index is -0.495. The predicted octanol–water partition coefficient (Wildman–Crippen LogP) is 0.969. The van der Waals surface area contributed by atoms with E-state index in [1.165, 1.54) is 0 Å². The number of benzene rings is 1. The molecule has 0 aromatic heterocycles. The number of hydrogen-bond donors (Lipinski definition) is 1. The first-order valence-electron chi connectivity index (χ1n) is 6.76. The summed E-state index contributed by atoms with van der Waals surface area (Å²) in [6, 6.07) is 9.19. The van der Waals surface area contributed by atoms with E-state index in [0.717, 1.165) is 5.56 Å². The van der Waals surface area contributed by atoms with E-state index in [4.69, 9.17) is 6.42 Å². The fourth-order valence-corrected chi connectivity index (χ4v) is 2.30. The highest BCUT2D eigenvalue weighted by Gasteiger charge is 2.29. The molecule has 1 N–H and O–H groups in total. The van der Waals surface area contributed by atoms with E-state index in [0.29, 0.717) is 32.4 Å². The summed E-state index contributed by atoms with van der Waals surface area (Å²) in [5.41, 5.74) is 1.03. The fourth-order valence-electron chi connectivity index (χ4n) is 2.30. The lowest BCUT2D eigenvalue weighted by atomic mass is 10.1. The van der Waals surface area contributed by atoms with E-state index < -0.39 is 6.04 Å². The summed E-state index contributed by atoms with van der Waals surface area (Å²) >= 11 is 0. The lowest BCUT2D eigenvalue weighted by molar-refractivity contribution is -0.133. The first-order chi connectivity index (χ1) is 9.70. The molecule has 0 saturated carbocycles. The van der Waals surface area contributed by atoms with E-state index >= 15 is 0 Å². The Morgan fingerprint density at radius 2 is 2.05 bits per heavy atom. The molecule has 0 bridgehead atoms. The Balaban J connectivity index is 2.10. The van der Waals surface area contributed by atoms with Crippen molar-refractivity contribution in [1.29, 1.82) is 0 Å². The molecule has 1 fully saturated rings. The van der Waals surface area contributed by atoms with Crippen molar-refractivity contribution in [3.8, 4) is 12.3 Å². The van der Waals surface area contributed by atoms with Gasteiger partial charge in [0.15, 0.2) is 0 Å². The molecule has 0 spiro atoms. The topological polar surface area (TPSA) is 49.4 Å². The fraction of sp³-hybridized carbons (Fsp3) is 0.375. The van der Waals surface area contributed by atoms with Crippen LogP contribution in [0.5, 0.6) is 0 Å². The van der Waals surface area contributed by atoms with Crippen LogP contribution in [0.2, 0.25) is 0 Å². The van der Waals surface area contributed by atoms with E-state index in [-0.39, 0.29) is 11.8 Å². The monoisotopic (exact) mass is 270 g/mol. The summed E-state index contributed by atoms with van der Waals surface area (Å²) in [5, 5.41) is 2.80. The zero-order valence-electron chi connectivity index (χ0n) is 11.3. The molecule has 2 rings (SSSR count). The third-order valence-electron chi connectivity index (χ3n) is 3.36. The van der Waals surface area contributed by atoms with E-state index in [9.17, 15) is 9.59 Å². The Labute approximate surface area is 119 Å². The highest BCUT2D eigenvalue weighted by Crippen LogP contribution is 2.10. The van der Waals surface area contributed by atoms with Crippen molar-refractivity contribution < 1.29 is 9.59 Å². The van der Waals surface area contributed by atoms with Crippen molar-refractivity contribution in [2.75, 3.05) is 13.1 Å². The van der Waals surface area contributed by atoms with Crippen molar-refractivity contribution in [2.24, 2.45) is 0 Å². The Morgan fingerprint density at radius 1 is 1.30 bits per heavy atom. The predicted molar refractivity (Wildman–Crippen MR) is 76.7 cm³/mol. The molecule has 20 heavy (non-hydrogen) atoms. The van der Waals surface area contributed by atoms with Crippen LogP contribution < -0.4 is 5.32 Å². The van der Waals surface area contributed by atoms with Crippen LogP contribution in [0.1, 0.15) is 18.4 Å². The minimum Gasteiger partial charge on any atom is -0.344 e. The van der Waals surface area contributed by atoms with Crippen molar-refractivity contribution in [3.63, 3.8) is 0 Å². The molecule has 1 aromatic rings. The Kier molecular flexibility index (Phi) is 4.78. The van der Waals surface area contributed by atoms with Crippen LogP contribution in [-0.2, 0) is 16.0 Å². The van der Waals surface area contributed by atoms with Gasteiger partial charge < -0.3 is 10.2 Å². The number of carbonyl (C=O) groups excluding carboxylic acids is 2. The largest absolute Gasteiger partial charge is 0.344 e. The molecule has 1 heterocycles. The van der Waals surface area contributed by atoms with Crippen molar-refractivity contribution in [3.05, 3.63) is 35.9 Å². The SMILES string of the molecule is C#CCCN1CCC(=O)NC(Cc2ccccc2)C1=O. The number of nitrogens with zero attached hydrogens (tertiary/aromatic N) is 1. The highest BCUT2D eigenvalue weighted by molar-refractivity contribution is 5.90. The van der Waals surface area contributed by atoms with Crippen molar-refractivity contribution in [1.82, 2.24) is 10.2 Å². The standard InChI is InChI=1S/C16H18N2O2/c1-2-3-10-18-11-9-15(19)17-14(16(18)20)12-13-7-5-4-6-8-13/h1,4-8,14H,3,9-12H2,(H,17,19). The average molecular weight is 270 g/mol. The maximum Gasteiger partial charge on any atom is 0.245 e. The van der Waals surface area contributed by atoms with Gasteiger partial charge in [0, 0.05) is 32.4 Å². The molecule has 1 saturated heterocycles. The molecule has 4 nitrogen and oxygen atoms in total. The molecule has 4 heteroatoms. The van der Waals surface area contributed by atoms with Gasteiger partial charge in [0.1, 0.15) is 6.04 Å². The molecule has 1 unspecified atom stereocenters. The number of nitrogens with one attached hydrogen (secondary N) is 1. The third kappa shape index (κ3) is 3.61. The van der Waals surface area contributed by atoms with Gasteiger partial charge in [0.25, 0.3) is 0 Å². The van der Waals surface area contributed by atoms with Crippen LogP contribution >= 0.6 is 0 Å². The third-order valence-corrected chi connectivity index (χ3v) is 3.36. The molecule has 0 radical (unpaired) electrons. The van der Waals surface area contributed by atoms with E-state index in [2.05, 4.69) is 11.2 Å². The average Bonchev–Trinajstić information content (AvgIpc) is 2.59.